The van der Waals surface area contributed by atoms with Gasteiger partial charge in [-0.1, -0.05) is 85.9 Å². The lowest BCUT2D eigenvalue weighted by Gasteiger charge is -2.28. The zero-order valence-corrected chi connectivity index (χ0v) is 20.6. The lowest BCUT2D eigenvalue weighted by Crippen LogP contribution is -2.54. The predicted octanol–water partition coefficient (Wildman–Crippen LogP) is 6.34. The molecule has 0 saturated heterocycles. The molecule has 0 fully saturated rings. The zero-order chi connectivity index (χ0) is 23.0. The van der Waals surface area contributed by atoms with Gasteiger partial charge in [0.2, 0.25) is 0 Å². The second kappa shape index (κ2) is 8.42. The van der Waals surface area contributed by atoms with Crippen LogP contribution in [0.3, 0.4) is 0 Å². The second-order valence-corrected chi connectivity index (χ2v) is 13.3. The highest BCUT2D eigenvalue weighted by molar-refractivity contribution is 7.01. The fraction of sp³-hybridized carbons (Fsp3) is 0.133. The minimum absolute atomic E-state index is 0.877. The molecule has 4 aromatic carbocycles. The van der Waals surface area contributed by atoms with Gasteiger partial charge in [-0.15, -0.1) is 0 Å². The first-order chi connectivity index (χ1) is 16.0. The van der Waals surface area contributed by atoms with Crippen molar-refractivity contribution in [3.8, 4) is 33.8 Å². The minimum Gasteiger partial charge on any atom is -0.497 e. The average molecular weight is 449 g/mol. The van der Waals surface area contributed by atoms with Crippen LogP contribution in [0.4, 0.5) is 0 Å². The van der Waals surface area contributed by atoms with Crippen molar-refractivity contribution in [3.63, 3.8) is 0 Å². The molecule has 1 heterocycles. The smallest absolute Gasteiger partial charge is 0.118 e. The van der Waals surface area contributed by atoms with Gasteiger partial charge < -0.3 is 9.47 Å². The maximum atomic E-state index is 5.37. The normalized spacial score (nSPS) is 13.6. The number of methoxy groups -OCH3 is 2. The molecule has 3 heteroatoms. The van der Waals surface area contributed by atoms with Gasteiger partial charge in [0.05, 0.1) is 14.2 Å². The Kier molecular flexibility index (Phi) is 5.43. The predicted molar refractivity (Wildman–Crippen MR) is 143 cm³/mol. The van der Waals surface area contributed by atoms with Crippen molar-refractivity contribution in [2.45, 2.75) is 13.1 Å². The van der Waals surface area contributed by atoms with Gasteiger partial charge in [0, 0.05) is 0 Å². The van der Waals surface area contributed by atoms with E-state index in [1.807, 2.05) is 24.3 Å². The third-order valence-electron chi connectivity index (χ3n) is 6.78. The largest absolute Gasteiger partial charge is 0.497 e. The molecule has 0 radical (unpaired) electrons. The van der Waals surface area contributed by atoms with Crippen LogP contribution in [-0.2, 0) is 0 Å². The summed E-state index contributed by atoms with van der Waals surface area (Å²) in [5.74, 6) is 1.75. The third-order valence-corrected chi connectivity index (χ3v) is 10.3. The summed E-state index contributed by atoms with van der Waals surface area (Å²) in [5.41, 5.74) is 7.62. The van der Waals surface area contributed by atoms with Crippen molar-refractivity contribution < 1.29 is 9.47 Å². The highest BCUT2D eigenvalue weighted by Gasteiger charge is 2.33. The van der Waals surface area contributed by atoms with Gasteiger partial charge in [-0.25, -0.2) is 0 Å². The summed E-state index contributed by atoms with van der Waals surface area (Å²) < 4.78 is 10.7. The molecule has 1 aliphatic rings. The van der Waals surface area contributed by atoms with Gasteiger partial charge >= 0.3 is 0 Å². The molecular weight excluding hydrogens is 420 g/mol. The molecule has 0 amide bonds. The maximum Gasteiger partial charge on any atom is 0.118 e. The summed E-state index contributed by atoms with van der Waals surface area (Å²) in [6.45, 7) is 4.93. The molecule has 0 aliphatic carbocycles. The van der Waals surface area contributed by atoms with Crippen molar-refractivity contribution in [2.75, 3.05) is 14.2 Å². The quantitative estimate of drug-likeness (QED) is 0.339. The number of rotatable bonds is 4. The van der Waals surface area contributed by atoms with Crippen molar-refractivity contribution in [3.05, 3.63) is 96.1 Å². The van der Waals surface area contributed by atoms with Crippen LogP contribution in [0.25, 0.3) is 34.4 Å². The highest BCUT2D eigenvalue weighted by atomic mass is 28.3. The number of hydrogen-bond acceptors (Lipinski definition) is 2. The van der Waals surface area contributed by atoms with Gasteiger partial charge in [0.15, 0.2) is 0 Å². The summed E-state index contributed by atoms with van der Waals surface area (Å²) >= 11 is 0. The molecular formula is C30H28O2Si. The Hall–Kier alpha value is -3.56. The lowest BCUT2D eigenvalue weighted by molar-refractivity contribution is 0.415. The van der Waals surface area contributed by atoms with Crippen molar-refractivity contribution >= 4 is 30.6 Å². The SMILES string of the molecule is COc1ccc(-c2cccc3c2C=Cc2c(-c4ccc(OC)cc4)cccc2[Si]3(C)C)cc1. The van der Waals surface area contributed by atoms with E-state index in [9.17, 15) is 0 Å². The first kappa shape index (κ1) is 21.3. The number of benzene rings is 4. The average Bonchev–Trinajstić information content (AvgIpc) is 2.98. The fourth-order valence-corrected chi connectivity index (χ4v) is 8.03. The summed E-state index contributed by atoms with van der Waals surface area (Å²) in [6.07, 6.45) is 4.64. The molecule has 1 aliphatic heterocycles. The molecule has 0 bridgehead atoms. The van der Waals surface area contributed by atoms with E-state index in [4.69, 9.17) is 9.47 Å². The highest BCUT2D eigenvalue weighted by Crippen LogP contribution is 2.33. The van der Waals surface area contributed by atoms with Crippen molar-refractivity contribution in [1.29, 1.82) is 0 Å². The van der Waals surface area contributed by atoms with E-state index < -0.39 is 8.07 Å². The van der Waals surface area contributed by atoms with E-state index in [2.05, 4.69) is 85.9 Å². The van der Waals surface area contributed by atoms with Crippen LogP contribution in [0.2, 0.25) is 13.1 Å². The monoisotopic (exact) mass is 448 g/mol. The minimum atomic E-state index is -1.96. The zero-order valence-electron chi connectivity index (χ0n) is 19.6. The van der Waals surface area contributed by atoms with E-state index in [-0.39, 0.29) is 0 Å². The van der Waals surface area contributed by atoms with E-state index in [0.717, 1.165) is 11.5 Å². The van der Waals surface area contributed by atoms with Crippen LogP contribution in [0.5, 0.6) is 11.5 Å². The molecule has 0 saturated carbocycles. The molecule has 0 N–H and O–H groups in total. The summed E-state index contributed by atoms with van der Waals surface area (Å²) in [6, 6.07) is 30.3. The van der Waals surface area contributed by atoms with Crippen LogP contribution in [0.1, 0.15) is 11.1 Å². The van der Waals surface area contributed by atoms with Crippen molar-refractivity contribution in [2.24, 2.45) is 0 Å². The molecule has 33 heavy (non-hydrogen) atoms. The van der Waals surface area contributed by atoms with E-state index in [1.54, 1.807) is 14.2 Å². The summed E-state index contributed by atoms with van der Waals surface area (Å²) in [5, 5.41) is 2.94. The first-order valence-electron chi connectivity index (χ1n) is 11.3. The van der Waals surface area contributed by atoms with Gasteiger partial charge in [0.1, 0.15) is 19.6 Å². The lowest BCUT2D eigenvalue weighted by atomic mass is 9.96. The topological polar surface area (TPSA) is 18.5 Å². The standard InChI is InChI=1S/C30H28O2Si/c1-31-23-15-11-21(12-16-23)25-7-5-9-29-27(25)19-20-28-26(8-6-10-30(28)33(29,3)4)22-13-17-24(32-2)18-14-22/h5-20H,1-4H3. The number of fused-ring (bicyclic) bond motifs is 2. The van der Waals surface area contributed by atoms with Gasteiger partial charge in [-0.2, -0.15) is 0 Å². The number of ether oxygens (including phenoxy) is 2. The van der Waals surface area contributed by atoms with Crippen LogP contribution >= 0.6 is 0 Å². The number of hydrogen-bond donors (Lipinski definition) is 0. The Morgan fingerprint density at radius 2 is 0.909 bits per heavy atom. The molecule has 0 spiro atoms. The van der Waals surface area contributed by atoms with Crippen LogP contribution in [0.15, 0.2) is 84.9 Å². The molecule has 0 unspecified atom stereocenters. The molecule has 0 atom stereocenters. The van der Waals surface area contributed by atoms with Gasteiger partial charge in [-0.3, -0.25) is 0 Å². The Morgan fingerprint density at radius 3 is 1.27 bits per heavy atom. The van der Waals surface area contributed by atoms with Crippen molar-refractivity contribution in [1.82, 2.24) is 0 Å². The molecule has 2 nitrogen and oxygen atoms in total. The Bertz CT molecular complexity index is 1230. The first-order valence-corrected chi connectivity index (χ1v) is 14.3. The van der Waals surface area contributed by atoms with Gasteiger partial charge in [0.25, 0.3) is 0 Å². The molecule has 4 aromatic rings. The third kappa shape index (κ3) is 3.69. The van der Waals surface area contributed by atoms with E-state index in [0.29, 0.717) is 0 Å². The van der Waals surface area contributed by atoms with Crippen LogP contribution < -0.4 is 19.8 Å². The summed E-state index contributed by atoms with van der Waals surface area (Å²) in [4.78, 5) is 0. The van der Waals surface area contributed by atoms with E-state index in [1.165, 1.54) is 43.8 Å². The molecule has 164 valence electrons. The Labute approximate surface area is 197 Å². The Morgan fingerprint density at radius 1 is 0.515 bits per heavy atom. The molecule has 5 rings (SSSR count). The fourth-order valence-electron chi connectivity index (χ4n) is 4.94. The Balaban J connectivity index is 1.69. The second-order valence-electron chi connectivity index (χ2n) is 8.95. The van der Waals surface area contributed by atoms with Gasteiger partial charge in [-0.05, 0) is 68.0 Å². The summed E-state index contributed by atoms with van der Waals surface area (Å²) in [7, 11) is 1.45. The van der Waals surface area contributed by atoms with Crippen LogP contribution in [0, 0.1) is 0 Å². The van der Waals surface area contributed by atoms with E-state index >= 15 is 0 Å². The maximum absolute atomic E-state index is 5.37. The van der Waals surface area contributed by atoms with Crippen LogP contribution in [-0.4, -0.2) is 22.3 Å². The molecule has 0 aromatic heterocycles.